The third-order valence-corrected chi connectivity index (χ3v) is 5.37. The van der Waals surface area contributed by atoms with E-state index >= 15 is 0 Å². The van der Waals surface area contributed by atoms with Gasteiger partial charge in [0.2, 0.25) is 5.91 Å². The number of carbonyl (C=O) groups is 1. The summed E-state index contributed by atoms with van der Waals surface area (Å²) in [4.78, 5) is 19.3. The monoisotopic (exact) mass is 300 g/mol. The number of carbonyl (C=O) groups excluding carboxylic acids is 1. The molecule has 0 spiro atoms. The summed E-state index contributed by atoms with van der Waals surface area (Å²) in [7, 11) is 0. The number of amides is 1. The first-order valence-corrected chi connectivity index (χ1v) is 8.42. The first-order chi connectivity index (χ1) is 10.7. The van der Waals surface area contributed by atoms with Crippen molar-refractivity contribution in [2.24, 2.45) is 17.1 Å². The summed E-state index contributed by atoms with van der Waals surface area (Å²) in [5.74, 6) is 1.87. The van der Waals surface area contributed by atoms with E-state index in [0.29, 0.717) is 12.5 Å². The lowest BCUT2D eigenvalue weighted by molar-refractivity contribution is -0.127. The molecule has 2 heterocycles. The van der Waals surface area contributed by atoms with E-state index < -0.39 is 0 Å². The Hall–Kier alpha value is -1.62. The van der Waals surface area contributed by atoms with E-state index in [4.69, 9.17) is 5.73 Å². The van der Waals surface area contributed by atoms with Gasteiger partial charge < -0.3 is 16.0 Å². The number of nitrogens with zero attached hydrogens (tertiary/aromatic N) is 2. The highest BCUT2D eigenvalue weighted by Gasteiger charge is 2.58. The highest BCUT2D eigenvalue weighted by atomic mass is 16.2. The van der Waals surface area contributed by atoms with Crippen LogP contribution in [0.25, 0.3) is 0 Å². The average molecular weight is 300 g/mol. The fraction of sp³-hybridized carbons (Fsp3) is 0.647. The summed E-state index contributed by atoms with van der Waals surface area (Å²) in [5.41, 5.74) is 6.88. The Labute approximate surface area is 131 Å². The zero-order chi connectivity index (χ0) is 15.2. The van der Waals surface area contributed by atoms with Crippen molar-refractivity contribution < 1.29 is 4.79 Å². The van der Waals surface area contributed by atoms with Crippen molar-refractivity contribution in [1.29, 1.82) is 0 Å². The van der Waals surface area contributed by atoms with Crippen molar-refractivity contribution in [3.63, 3.8) is 0 Å². The lowest BCUT2D eigenvalue weighted by Gasteiger charge is -2.18. The first-order valence-electron chi connectivity index (χ1n) is 8.42. The lowest BCUT2D eigenvalue weighted by Crippen LogP contribution is -2.33. The van der Waals surface area contributed by atoms with E-state index in [1.807, 2.05) is 18.2 Å². The van der Waals surface area contributed by atoms with E-state index in [0.717, 1.165) is 43.9 Å². The quantitative estimate of drug-likeness (QED) is 0.863. The maximum absolute atomic E-state index is 12.4. The van der Waals surface area contributed by atoms with Crippen LogP contribution in [0.2, 0.25) is 0 Å². The highest BCUT2D eigenvalue weighted by Crippen LogP contribution is 2.61. The third kappa shape index (κ3) is 2.58. The summed E-state index contributed by atoms with van der Waals surface area (Å²) in [6, 6.07) is 6.27. The van der Waals surface area contributed by atoms with Crippen LogP contribution in [0.15, 0.2) is 18.2 Å². The molecule has 1 unspecified atom stereocenters. The largest absolute Gasteiger partial charge is 0.355 e. The number of anilines is 1. The smallest absolute Gasteiger partial charge is 0.226 e. The summed E-state index contributed by atoms with van der Waals surface area (Å²) in [5, 5.41) is 3.10. The van der Waals surface area contributed by atoms with Gasteiger partial charge in [-0.15, -0.1) is 0 Å². The number of aromatic nitrogens is 1. The molecule has 1 aromatic heterocycles. The molecule has 1 aliphatic heterocycles. The third-order valence-electron chi connectivity index (χ3n) is 5.37. The Morgan fingerprint density at radius 1 is 1.36 bits per heavy atom. The molecule has 4 rings (SSSR count). The molecular formula is C17H24N4O. The van der Waals surface area contributed by atoms with Crippen molar-refractivity contribution >= 4 is 11.7 Å². The predicted molar refractivity (Wildman–Crippen MR) is 85.3 cm³/mol. The molecule has 0 radical (unpaired) electrons. The summed E-state index contributed by atoms with van der Waals surface area (Å²) < 4.78 is 0. The van der Waals surface area contributed by atoms with E-state index in [9.17, 15) is 4.79 Å². The zero-order valence-corrected chi connectivity index (χ0v) is 12.9. The summed E-state index contributed by atoms with van der Waals surface area (Å²) >= 11 is 0. The molecule has 3 N–H and O–H groups in total. The molecule has 1 amide bonds. The van der Waals surface area contributed by atoms with Crippen molar-refractivity contribution in [2.45, 2.75) is 44.7 Å². The van der Waals surface area contributed by atoms with Gasteiger partial charge in [-0.25, -0.2) is 4.98 Å². The Morgan fingerprint density at radius 2 is 2.18 bits per heavy atom. The van der Waals surface area contributed by atoms with Crippen LogP contribution in [0.5, 0.6) is 0 Å². The average Bonchev–Trinajstić information content (AvgIpc) is 3.42. The van der Waals surface area contributed by atoms with Gasteiger partial charge in [-0.05, 0) is 50.2 Å². The molecule has 3 fully saturated rings. The second-order valence-corrected chi connectivity index (χ2v) is 7.09. The molecule has 22 heavy (non-hydrogen) atoms. The van der Waals surface area contributed by atoms with Gasteiger partial charge in [-0.1, -0.05) is 6.07 Å². The van der Waals surface area contributed by atoms with Gasteiger partial charge in [0.15, 0.2) is 0 Å². The normalized spacial score (nSPS) is 26.0. The van der Waals surface area contributed by atoms with Gasteiger partial charge >= 0.3 is 0 Å². The maximum Gasteiger partial charge on any atom is 0.226 e. The van der Waals surface area contributed by atoms with E-state index in [1.165, 1.54) is 12.8 Å². The number of rotatable bonds is 5. The molecule has 5 nitrogen and oxygen atoms in total. The number of nitrogens with one attached hydrogen (secondary N) is 1. The molecule has 1 atom stereocenters. The van der Waals surface area contributed by atoms with Crippen LogP contribution < -0.4 is 16.0 Å². The number of hydrogen-bond donors (Lipinski definition) is 2. The van der Waals surface area contributed by atoms with Gasteiger partial charge in [0.1, 0.15) is 5.82 Å². The number of nitrogens with two attached hydrogens (primary N) is 1. The second kappa shape index (κ2) is 5.23. The van der Waals surface area contributed by atoms with E-state index in [1.54, 1.807) is 0 Å². The number of hydrogen-bond acceptors (Lipinski definition) is 4. The molecule has 1 saturated heterocycles. The second-order valence-electron chi connectivity index (χ2n) is 7.09. The Kier molecular flexibility index (Phi) is 3.33. The predicted octanol–water partition coefficient (Wildman–Crippen LogP) is 1.43. The van der Waals surface area contributed by atoms with Gasteiger partial charge in [0.05, 0.1) is 17.7 Å². The Bertz CT molecular complexity index is 580. The van der Waals surface area contributed by atoms with Crippen molar-refractivity contribution in [2.75, 3.05) is 18.0 Å². The van der Waals surface area contributed by atoms with Crippen LogP contribution in [-0.2, 0) is 11.3 Å². The molecular weight excluding hydrogens is 276 g/mol. The van der Waals surface area contributed by atoms with Crippen LogP contribution in [0.1, 0.15) is 37.8 Å². The lowest BCUT2D eigenvalue weighted by atomic mass is 10.00. The first kappa shape index (κ1) is 14.0. The van der Waals surface area contributed by atoms with Crippen molar-refractivity contribution in [3.8, 4) is 0 Å². The minimum Gasteiger partial charge on any atom is -0.355 e. The Balaban J connectivity index is 1.38. The minimum absolute atomic E-state index is 0.0145. The Morgan fingerprint density at radius 3 is 2.82 bits per heavy atom. The van der Waals surface area contributed by atoms with Crippen LogP contribution >= 0.6 is 0 Å². The van der Waals surface area contributed by atoms with Gasteiger partial charge in [0.25, 0.3) is 0 Å². The summed E-state index contributed by atoms with van der Waals surface area (Å²) in [6.45, 7) is 2.36. The van der Waals surface area contributed by atoms with E-state index in [-0.39, 0.29) is 17.4 Å². The molecule has 0 aromatic carbocycles. The number of pyridine rings is 1. The summed E-state index contributed by atoms with van der Waals surface area (Å²) in [6.07, 6.45) is 5.63. The van der Waals surface area contributed by atoms with Gasteiger partial charge in [-0.3, -0.25) is 4.79 Å². The molecule has 1 aromatic rings. The van der Waals surface area contributed by atoms with Crippen molar-refractivity contribution in [1.82, 2.24) is 10.3 Å². The van der Waals surface area contributed by atoms with Crippen LogP contribution in [0.3, 0.4) is 0 Å². The van der Waals surface area contributed by atoms with Gasteiger partial charge in [0, 0.05) is 19.1 Å². The fourth-order valence-electron chi connectivity index (χ4n) is 3.68. The standard InChI is InChI=1S/C17H24N4O/c18-13-6-9-21(11-13)15-3-1-2-14(20-15)10-19-16(22)17(7-8-17)12-4-5-12/h1-3,12-13H,4-11,18H2,(H,19,22). The maximum atomic E-state index is 12.4. The minimum atomic E-state index is -0.0145. The molecule has 2 aliphatic carbocycles. The SMILES string of the molecule is NC1CCN(c2cccc(CNC(=O)C3(C4CC4)CC3)n2)C1. The molecule has 0 bridgehead atoms. The molecule has 3 aliphatic rings. The molecule has 118 valence electrons. The molecule has 5 heteroatoms. The fourth-order valence-corrected chi connectivity index (χ4v) is 3.68. The van der Waals surface area contributed by atoms with Crippen LogP contribution in [-0.4, -0.2) is 30.0 Å². The molecule has 2 saturated carbocycles. The van der Waals surface area contributed by atoms with E-state index in [2.05, 4.69) is 15.2 Å². The van der Waals surface area contributed by atoms with Crippen LogP contribution in [0.4, 0.5) is 5.82 Å². The van der Waals surface area contributed by atoms with Crippen molar-refractivity contribution in [3.05, 3.63) is 23.9 Å². The van der Waals surface area contributed by atoms with Crippen LogP contribution in [0, 0.1) is 11.3 Å². The zero-order valence-electron chi connectivity index (χ0n) is 12.9. The van der Waals surface area contributed by atoms with Gasteiger partial charge in [-0.2, -0.15) is 0 Å². The highest BCUT2D eigenvalue weighted by molar-refractivity contribution is 5.86. The topological polar surface area (TPSA) is 71.2 Å².